The average molecular weight is 820 g/mol. The molecule has 3 fully saturated rings. The number of rotatable bonds is 14. The van der Waals surface area contributed by atoms with Crippen LogP contribution in [0.1, 0.15) is 92.2 Å². The van der Waals surface area contributed by atoms with Crippen molar-refractivity contribution in [3.63, 3.8) is 0 Å². The van der Waals surface area contributed by atoms with Gasteiger partial charge in [0.05, 0.1) is 22.5 Å². The second kappa shape index (κ2) is 16.8. The van der Waals surface area contributed by atoms with Crippen LogP contribution in [-0.2, 0) is 10.0 Å². The van der Waals surface area contributed by atoms with Crippen LogP contribution in [-0.4, -0.2) is 91.9 Å². The van der Waals surface area contributed by atoms with Gasteiger partial charge >= 0.3 is 0 Å². The summed E-state index contributed by atoms with van der Waals surface area (Å²) >= 11 is 0. The van der Waals surface area contributed by atoms with Crippen molar-refractivity contribution in [1.82, 2.24) is 29.5 Å². The van der Waals surface area contributed by atoms with Crippen molar-refractivity contribution in [3.8, 4) is 11.5 Å². The summed E-state index contributed by atoms with van der Waals surface area (Å²) in [6.07, 6.45) is 12.7. The van der Waals surface area contributed by atoms with Crippen LogP contribution in [0.5, 0.6) is 11.5 Å². The third-order valence-electron chi connectivity index (χ3n) is 12.6. The number of nitrogens with zero attached hydrogens (tertiary/aromatic N) is 5. The quantitative estimate of drug-likeness (QED) is 0.0648. The van der Waals surface area contributed by atoms with Gasteiger partial charge in [0.2, 0.25) is 0 Å². The van der Waals surface area contributed by atoms with E-state index in [4.69, 9.17) is 15.5 Å². The Labute approximate surface area is 347 Å². The zero-order valence-corrected chi connectivity index (χ0v) is 35.4. The number of amides is 1. The molecule has 1 spiro atoms. The van der Waals surface area contributed by atoms with Crippen LogP contribution in [0, 0.1) is 5.41 Å². The van der Waals surface area contributed by atoms with Crippen LogP contribution in [0.3, 0.4) is 0 Å². The minimum absolute atomic E-state index is 0.0202. The number of aromatic amines is 1. The lowest BCUT2D eigenvalue weighted by Gasteiger charge is -2.56. The molecule has 2 aliphatic heterocycles. The number of benzene rings is 2. The van der Waals surface area contributed by atoms with Crippen LogP contribution < -0.4 is 25.4 Å². The zero-order chi connectivity index (χ0) is 41.3. The first kappa shape index (κ1) is 40.6. The predicted molar refractivity (Wildman–Crippen MR) is 234 cm³/mol. The van der Waals surface area contributed by atoms with Gasteiger partial charge in [-0.05, 0) is 125 Å². The fourth-order valence-electron chi connectivity index (χ4n) is 9.37. The number of nitrogens with one attached hydrogen (secondary N) is 3. The van der Waals surface area contributed by atoms with Crippen LogP contribution in [0.2, 0.25) is 0 Å². The normalized spacial score (nSPS) is 18.5. The number of nitrogen functional groups attached to an aromatic ring is 1. The summed E-state index contributed by atoms with van der Waals surface area (Å²) in [6, 6.07) is 20.0. The van der Waals surface area contributed by atoms with E-state index in [9.17, 15) is 13.2 Å². The van der Waals surface area contributed by atoms with Gasteiger partial charge in [0, 0.05) is 55.6 Å². The fraction of sp³-hybridized carbons (Fsp3) is 0.444. The lowest BCUT2D eigenvalue weighted by molar-refractivity contribution is -0.0228. The van der Waals surface area contributed by atoms with Gasteiger partial charge in [-0.2, -0.15) is 0 Å². The molecule has 1 aliphatic carbocycles. The van der Waals surface area contributed by atoms with Gasteiger partial charge in [0.15, 0.2) is 0 Å². The number of nitrogens with two attached hydrogens (primary N) is 1. The van der Waals surface area contributed by atoms with Crippen LogP contribution in [0.4, 0.5) is 17.2 Å². The number of carbonyl (C=O) groups excluding carboxylic acids is 1. The number of piperidine rings is 1. The van der Waals surface area contributed by atoms with E-state index in [1.807, 2.05) is 26.2 Å². The minimum atomic E-state index is -4.30. The van der Waals surface area contributed by atoms with E-state index in [1.54, 1.807) is 24.5 Å². The third kappa shape index (κ3) is 8.76. The molecular weight excluding hydrogens is 763 g/mol. The number of hydrogen-bond donors (Lipinski definition) is 4. The van der Waals surface area contributed by atoms with E-state index < -0.39 is 15.9 Å². The Balaban J connectivity index is 0.960. The van der Waals surface area contributed by atoms with Crippen molar-refractivity contribution >= 4 is 44.2 Å². The van der Waals surface area contributed by atoms with E-state index >= 15 is 0 Å². The number of sulfonamides is 1. The highest BCUT2D eigenvalue weighted by molar-refractivity contribution is 7.90. The van der Waals surface area contributed by atoms with Crippen LogP contribution in [0.15, 0.2) is 84.1 Å². The molecule has 2 aromatic carbocycles. The maximum absolute atomic E-state index is 13.8. The fourth-order valence-corrected chi connectivity index (χ4v) is 10.4. The molecule has 3 aliphatic rings. The summed E-state index contributed by atoms with van der Waals surface area (Å²) in [5.41, 5.74) is 11.1. The smallest absolute Gasteiger partial charge is 0.270 e. The van der Waals surface area contributed by atoms with Gasteiger partial charge in [-0.25, -0.2) is 23.1 Å². The van der Waals surface area contributed by atoms with Crippen molar-refractivity contribution in [3.05, 3.63) is 95.9 Å². The van der Waals surface area contributed by atoms with Crippen molar-refractivity contribution in [2.75, 3.05) is 62.8 Å². The number of H-pyrrole nitrogens is 1. The number of hydrogen-bond acceptors (Lipinski definition) is 11. The first-order valence-corrected chi connectivity index (χ1v) is 22.4. The van der Waals surface area contributed by atoms with Gasteiger partial charge in [0.25, 0.3) is 15.9 Å². The second-order valence-corrected chi connectivity index (χ2v) is 18.9. The van der Waals surface area contributed by atoms with E-state index in [1.165, 1.54) is 61.7 Å². The number of anilines is 3. The van der Waals surface area contributed by atoms with Gasteiger partial charge in [-0.1, -0.05) is 38.1 Å². The largest absolute Gasteiger partial charge is 0.455 e. The molecular formula is C45H57N9O4S. The lowest BCUT2D eigenvalue weighted by Crippen LogP contribution is -2.55. The molecule has 8 rings (SSSR count). The number of aromatic nitrogens is 3. The molecule has 1 atom stereocenters. The second-order valence-electron chi connectivity index (χ2n) is 17.2. The molecule has 0 bridgehead atoms. The number of carbonyl (C=O) groups is 1. The Morgan fingerprint density at radius 3 is 2.59 bits per heavy atom. The monoisotopic (exact) mass is 819 g/mol. The molecule has 14 heteroatoms. The van der Waals surface area contributed by atoms with Gasteiger partial charge in [0.1, 0.15) is 28.5 Å². The number of fused-ring (bicyclic) bond motifs is 1. The topological polar surface area (TPSA) is 162 Å². The van der Waals surface area contributed by atoms with Crippen molar-refractivity contribution in [2.45, 2.75) is 81.7 Å². The maximum Gasteiger partial charge on any atom is 0.270 e. The molecule has 1 saturated carbocycles. The molecule has 5 aromatic rings. The molecule has 312 valence electrons. The Kier molecular flexibility index (Phi) is 11.6. The molecule has 59 heavy (non-hydrogen) atoms. The molecule has 3 aromatic heterocycles. The highest BCUT2D eigenvalue weighted by atomic mass is 32.2. The third-order valence-corrected chi connectivity index (χ3v) is 13.9. The van der Waals surface area contributed by atoms with Crippen LogP contribution in [0.25, 0.3) is 11.0 Å². The minimum Gasteiger partial charge on any atom is -0.455 e. The number of likely N-dealkylation sites (tertiary alicyclic amines) is 1. The van der Waals surface area contributed by atoms with E-state index in [0.29, 0.717) is 52.9 Å². The molecule has 2 saturated heterocycles. The van der Waals surface area contributed by atoms with Crippen molar-refractivity contribution in [1.29, 1.82) is 0 Å². The molecule has 1 amide bonds. The Morgan fingerprint density at radius 2 is 1.83 bits per heavy atom. The number of pyridine rings is 2. The Bertz CT molecular complexity index is 2400. The summed E-state index contributed by atoms with van der Waals surface area (Å²) in [4.78, 5) is 33.1. The SMILES string of the molecule is CC(C)c1ccccc1C1CCCN1C1CC2(CCN(c3cc(Oc4cnc5[nH]ccc5c4)c(C(=O)NS(=O)(=O)c4ccc(NCCCN(C)C)c(N)c4)cn3)CC2)C1. The Morgan fingerprint density at radius 1 is 1.03 bits per heavy atom. The highest BCUT2D eigenvalue weighted by Gasteiger charge is 2.50. The summed E-state index contributed by atoms with van der Waals surface area (Å²) in [6.45, 7) is 9.00. The molecule has 0 radical (unpaired) electrons. The first-order chi connectivity index (χ1) is 28.4. The van der Waals surface area contributed by atoms with E-state index in [0.717, 1.165) is 44.3 Å². The summed E-state index contributed by atoms with van der Waals surface area (Å²) in [5, 5.41) is 4.09. The maximum atomic E-state index is 13.8. The van der Waals surface area contributed by atoms with Crippen molar-refractivity contribution < 1.29 is 17.9 Å². The van der Waals surface area contributed by atoms with Crippen molar-refractivity contribution in [2.24, 2.45) is 5.41 Å². The highest BCUT2D eigenvalue weighted by Crippen LogP contribution is 2.54. The summed E-state index contributed by atoms with van der Waals surface area (Å²) < 4.78 is 35.7. The average Bonchev–Trinajstić information content (AvgIpc) is 3.89. The zero-order valence-electron chi connectivity index (χ0n) is 34.6. The summed E-state index contributed by atoms with van der Waals surface area (Å²) in [5.74, 6) is 0.902. The predicted octanol–water partition coefficient (Wildman–Crippen LogP) is 7.52. The van der Waals surface area contributed by atoms with Gasteiger partial charge in [-0.15, -0.1) is 0 Å². The molecule has 13 nitrogen and oxygen atoms in total. The first-order valence-electron chi connectivity index (χ1n) is 20.9. The summed E-state index contributed by atoms with van der Waals surface area (Å²) in [7, 11) is -0.288. The lowest BCUT2D eigenvalue weighted by atomic mass is 9.60. The van der Waals surface area contributed by atoms with Gasteiger partial charge < -0.3 is 30.6 Å². The van der Waals surface area contributed by atoms with Crippen LogP contribution >= 0.6 is 0 Å². The molecule has 5 heterocycles. The van der Waals surface area contributed by atoms with Gasteiger partial charge in [-0.3, -0.25) is 9.69 Å². The standard InChI is InChI=1S/C45H57N9O4S/c1-30(2)35-9-5-6-10-36(35)40-11-7-20-54(40)32-26-45(27-32)15-21-53(22-16-45)42-25-41(58-33-23-31-14-18-48-43(31)50-28-33)37(29-49-42)44(55)51-59(56,57)34-12-13-39(38(46)24-34)47-17-8-19-52(3)4/h5-6,9-10,12-14,18,23-25,28-30,32,40,47H,7-8,11,15-17,19-22,26-27,46H2,1-4H3,(H,48,50)(H,51,55). The Hall–Kier alpha value is -5.18. The van der Waals surface area contributed by atoms with E-state index in [2.05, 4.69) is 72.8 Å². The number of ether oxygens (including phenoxy) is 1. The van der Waals surface area contributed by atoms with E-state index in [-0.39, 0.29) is 21.9 Å². The molecule has 5 N–H and O–H groups in total. The molecule has 1 unspecified atom stereocenters.